The fraction of sp³-hybridized carbons (Fsp3) is 0.444. The minimum Gasteiger partial charge on any atom is -0.494 e. The summed E-state index contributed by atoms with van der Waals surface area (Å²) in [6.07, 6.45) is 2.89. The van der Waals surface area contributed by atoms with Crippen LogP contribution in [0.2, 0.25) is 0 Å². The number of aryl methyl sites for hydroxylation is 1. The molecule has 1 aliphatic heterocycles. The van der Waals surface area contributed by atoms with Crippen LogP contribution in [-0.4, -0.2) is 41.5 Å². The number of nitrogens with one attached hydrogen (secondary N) is 1. The number of amides is 1. The smallest absolute Gasteiger partial charge is 0.225 e. The molecule has 0 radical (unpaired) electrons. The Labute approximate surface area is 135 Å². The summed E-state index contributed by atoms with van der Waals surface area (Å²) in [4.78, 5) is 18.8. The lowest BCUT2D eigenvalue weighted by Crippen LogP contribution is -2.29. The van der Waals surface area contributed by atoms with Gasteiger partial charge in [0.1, 0.15) is 11.3 Å². The van der Waals surface area contributed by atoms with E-state index in [0.29, 0.717) is 12.5 Å². The lowest BCUT2D eigenvalue weighted by molar-refractivity contribution is -0.128. The first-order valence-corrected chi connectivity index (χ1v) is 8.16. The number of fused-ring (bicyclic) bond motifs is 1. The molecule has 1 saturated carbocycles. The summed E-state index contributed by atoms with van der Waals surface area (Å²) in [7, 11) is 1.66. The first-order chi connectivity index (χ1) is 11.2. The zero-order chi connectivity index (χ0) is 16.0. The van der Waals surface area contributed by atoms with Crippen molar-refractivity contribution in [1.82, 2.24) is 9.88 Å². The van der Waals surface area contributed by atoms with E-state index in [0.717, 1.165) is 47.4 Å². The number of carbonyl (C=O) groups excluding carboxylic acids is 1. The minimum atomic E-state index is 0.166. The van der Waals surface area contributed by atoms with Crippen molar-refractivity contribution >= 4 is 22.5 Å². The summed E-state index contributed by atoms with van der Waals surface area (Å²) in [5.41, 5.74) is 2.83. The summed E-state index contributed by atoms with van der Waals surface area (Å²) < 4.78 is 5.43. The predicted molar refractivity (Wildman–Crippen MR) is 89.8 cm³/mol. The normalized spacial score (nSPS) is 21.0. The predicted octanol–water partition coefficient (Wildman–Crippen LogP) is 2.73. The molecule has 2 heterocycles. The Morgan fingerprint density at radius 1 is 1.35 bits per heavy atom. The number of anilines is 1. The highest BCUT2D eigenvalue weighted by Crippen LogP contribution is 2.34. The van der Waals surface area contributed by atoms with Gasteiger partial charge in [-0.15, -0.1) is 0 Å². The molecule has 4 rings (SSSR count). The van der Waals surface area contributed by atoms with Crippen LogP contribution in [0.3, 0.4) is 0 Å². The Balaban J connectivity index is 1.65. The first-order valence-electron chi connectivity index (χ1n) is 8.16. The van der Waals surface area contributed by atoms with Crippen molar-refractivity contribution in [1.29, 1.82) is 0 Å². The van der Waals surface area contributed by atoms with E-state index in [1.807, 2.05) is 36.1 Å². The van der Waals surface area contributed by atoms with Crippen LogP contribution in [0, 0.1) is 6.92 Å². The Kier molecular flexibility index (Phi) is 3.36. The maximum absolute atomic E-state index is 12.1. The Hall–Kier alpha value is -2.30. The van der Waals surface area contributed by atoms with Gasteiger partial charge in [0, 0.05) is 35.8 Å². The van der Waals surface area contributed by atoms with Crippen LogP contribution in [0.4, 0.5) is 5.69 Å². The van der Waals surface area contributed by atoms with E-state index in [4.69, 9.17) is 4.74 Å². The van der Waals surface area contributed by atoms with Gasteiger partial charge in [-0.25, -0.2) is 4.98 Å². The van der Waals surface area contributed by atoms with Gasteiger partial charge in [0.15, 0.2) is 0 Å². The Morgan fingerprint density at radius 3 is 2.91 bits per heavy atom. The SMILES string of the molecule is COc1cccc2c(NC3CC(=O)N(C4CC4)C3)cc(C)nc12. The molecule has 1 atom stereocenters. The molecule has 2 aliphatic rings. The van der Waals surface area contributed by atoms with Crippen molar-refractivity contribution in [2.75, 3.05) is 19.0 Å². The van der Waals surface area contributed by atoms with Gasteiger partial charge in [0.2, 0.25) is 5.91 Å². The number of benzene rings is 1. The molecule has 120 valence electrons. The third-order valence-electron chi connectivity index (χ3n) is 4.66. The number of aromatic nitrogens is 1. The molecule has 1 aromatic heterocycles. The van der Waals surface area contributed by atoms with Gasteiger partial charge in [-0.05, 0) is 31.9 Å². The third-order valence-corrected chi connectivity index (χ3v) is 4.66. The van der Waals surface area contributed by atoms with E-state index in [2.05, 4.69) is 10.3 Å². The lowest BCUT2D eigenvalue weighted by Gasteiger charge is -2.18. The molecule has 2 fully saturated rings. The van der Waals surface area contributed by atoms with Crippen LogP contribution in [0.5, 0.6) is 5.75 Å². The van der Waals surface area contributed by atoms with Crippen LogP contribution in [0.1, 0.15) is 25.0 Å². The van der Waals surface area contributed by atoms with Gasteiger partial charge in [-0.2, -0.15) is 0 Å². The summed E-state index contributed by atoms with van der Waals surface area (Å²) in [6, 6.07) is 8.64. The Morgan fingerprint density at radius 2 is 2.17 bits per heavy atom. The van der Waals surface area contributed by atoms with Crippen LogP contribution < -0.4 is 10.1 Å². The van der Waals surface area contributed by atoms with E-state index < -0.39 is 0 Å². The van der Waals surface area contributed by atoms with Crippen LogP contribution in [0.25, 0.3) is 10.9 Å². The standard InChI is InChI=1S/C18H21N3O2/c1-11-8-15(14-4-3-5-16(23-2)18(14)19-11)20-12-9-17(22)21(10-12)13-6-7-13/h3-5,8,12-13H,6-7,9-10H2,1-2H3,(H,19,20). The number of likely N-dealkylation sites (tertiary alicyclic amines) is 1. The van der Waals surface area contributed by atoms with E-state index in [-0.39, 0.29) is 11.9 Å². The van der Waals surface area contributed by atoms with Crippen LogP contribution in [0.15, 0.2) is 24.3 Å². The molecule has 5 heteroatoms. The van der Waals surface area contributed by atoms with Gasteiger partial charge in [0.05, 0.1) is 13.2 Å². The van der Waals surface area contributed by atoms with Gasteiger partial charge < -0.3 is 15.0 Å². The molecule has 5 nitrogen and oxygen atoms in total. The van der Waals surface area contributed by atoms with Gasteiger partial charge in [0.25, 0.3) is 0 Å². The van der Waals surface area contributed by atoms with Crippen molar-refractivity contribution in [3.63, 3.8) is 0 Å². The number of hydrogen-bond donors (Lipinski definition) is 1. The number of ether oxygens (including phenoxy) is 1. The zero-order valence-electron chi connectivity index (χ0n) is 13.5. The highest BCUT2D eigenvalue weighted by molar-refractivity contribution is 5.95. The number of pyridine rings is 1. The van der Waals surface area contributed by atoms with Crippen molar-refractivity contribution < 1.29 is 9.53 Å². The third kappa shape index (κ3) is 2.60. The molecule has 2 aromatic rings. The number of nitrogens with zero attached hydrogens (tertiary/aromatic N) is 2. The molecule has 1 amide bonds. The number of para-hydroxylation sites is 1. The number of carbonyl (C=O) groups is 1. The topological polar surface area (TPSA) is 54.5 Å². The van der Waals surface area contributed by atoms with Crippen molar-refractivity contribution in [2.45, 2.75) is 38.3 Å². The first kappa shape index (κ1) is 14.3. The molecular formula is C18H21N3O2. The van der Waals surface area contributed by atoms with Crippen molar-refractivity contribution in [2.24, 2.45) is 0 Å². The molecule has 1 aromatic carbocycles. The maximum atomic E-state index is 12.1. The summed E-state index contributed by atoms with van der Waals surface area (Å²) in [5.74, 6) is 1.05. The average Bonchev–Trinajstić information content (AvgIpc) is 3.30. The fourth-order valence-electron chi connectivity index (χ4n) is 3.42. The largest absolute Gasteiger partial charge is 0.494 e. The molecule has 1 unspecified atom stereocenters. The second kappa shape index (κ2) is 5.41. The minimum absolute atomic E-state index is 0.166. The molecule has 23 heavy (non-hydrogen) atoms. The summed E-state index contributed by atoms with van der Waals surface area (Å²) in [6.45, 7) is 2.78. The van der Waals surface area contributed by atoms with E-state index in [1.54, 1.807) is 7.11 Å². The molecule has 0 bridgehead atoms. The quantitative estimate of drug-likeness (QED) is 0.943. The zero-order valence-corrected chi connectivity index (χ0v) is 13.5. The second-order valence-electron chi connectivity index (χ2n) is 6.49. The fourth-order valence-corrected chi connectivity index (χ4v) is 3.42. The van der Waals surface area contributed by atoms with Gasteiger partial charge >= 0.3 is 0 Å². The van der Waals surface area contributed by atoms with E-state index in [1.165, 1.54) is 0 Å². The lowest BCUT2D eigenvalue weighted by atomic mass is 10.1. The number of hydrogen-bond acceptors (Lipinski definition) is 4. The van der Waals surface area contributed by atoms with Crippen molar-refractivity contribution in [3.05, 3.63) is 30.0 Å². The highest BCUT2D eigenvalue weighted by atomic mass is 16.5. The average molecular weight is 311 g/mol. The van der Waals surface area contributed by atoms with Crippen LogP contribution in [-0.2, 0) is 4.79 Å². The molecule has 1 saturated heterocycles. The van der Waals surface area contributed by atoms with Crippen LogP contribution >= 0.6 is 0 Å². The Bertz CT molecular complexity index is 770. The number of methoxy groups -OCH3 is 1. The molecule has 1 aliphatic carbocycles. The molecule has 0 spiro atoms. The molecule has 1 N–H and O–H groups in total. The maximum Gasteiger partial charge on any atom is 0.225 e. The van der Waals surface area contributed by atoms with E-state index >= 15 is 0 Å². The van der Waals surface area contributed by atoms with Crippen molar-refractivity contribution in [3.8, 4) is 5.75 Å². The monoisotopic (exact) mass is 311 g/mol. The summed E-state index contributed by atoms with van der Waals surface area (Å²) >= 11 is 0. The molecular weight excluding hydrogens is 290 g/mol. The number of rotatable bonds is 4. The van der Waals surface area contributed by atoms with E-state index in [9.17, 15) is 4.79 Å². The van der Waals surface area contributed by atoms with Gasteiger partial charge in [-0.1, -0.05) is 12.1 Å². The summed E-state index contributed by atoms with van der Waals surface area (Å²) in [5, 5.41) is 4.60. The highest BCUT2D eigenvalue weighted by Gasteiger charge is 2.39. The van der Waals surface area contributed by atoms with Gasteiger partial charge in [-0.3, -0.25) is 4.79 Å². The second-order valence-corrected chi connectivity index (χ2v) is 6.49.